The lowest BCUT2D eigenvalue weighted by atomic mass is 10.2. The Bertz CT molecular complexity index is 881. The Morgan fingerprint density at radius 1 is 1.00 bits per heavy atom. The zero-order valence-electron chi connectivity index (χ0n) is 21.6. The fourth-order valence-corrected chi connectivity index (χ4v) is 2.69. The summed E-state index contributed by atoms with van der Waals surface area (Å²) >= 11 is 7.34. The van der Waals surface area contributed by atoms with Gasteiger partial charge in [0.1, 0.15) is 11.5 Å². The molecule has 0 aliphatic carbocycles. The molecule has 0 atom stereocenters. The van der Waals surface area contributed by atoms with Crippen LogP contribution in [0.5, 0.6) is 11.5 Å². The largest absolute Gasteiger partial charge is 0.497 e. The van der Waals surface area contributed by atoms with Gasteiger partial charge in [0.25, 0.3) is 0 Å². The Morgan fingerprint density at radius 3 is 2.03 bits per heavy atom. The number of ether oxygens (including phenoxy) is 2. The lowest BCUT2D eigenvalue weighted by molar-refractivity contribution is -0.105. The van der Waals surface area contributed by atoms with E-state index in [1.165, 1.54) is 11.3 Å². The second kappa shape index (κ2) is 23.5. The molecule has 0 aliphatic rings. The van der Waals surface area contributed by atoms with Crippen LogP contribution in [0.2, 0.25) is 5.15 Å². The van der Waals surface area contributed by atoms with Crippen LogP contribution in [0.1, 0.15) is 39.7 Å². The van der Waals surface area contributed by atoms with Crippen LogP contribution in [0.3, 0.4) is 0 Å². The van der Waals surface area contributed by atoms with Gasteiger partial charge >= 0.3 is 0 Å². The number of carbonyl (C=O) groups is 1. The number of carbonyl (C=O) groups excluding carboxylic acids is 1. The van der Waals surface area contributed by atoms with Crippen LogP contribution >= 0.6 is 23.4 Å². The van der Waals surface area contributed by atoms with E-state index in [-0.39, 0.29) is 0 Å². The molecule has 3 aromatic rings. The standard InChI is InChI=1S/C9H12O2.C7H8S.C6H5ClN2O.C3H8.C2H6/c1-7-6-8(10-2)4-5-9(7)11-3;1-8-7-5-3-2-4-6-7;7-6-5(9-4-10)2-1-3-8-6;1-3-2;1-2/h4-6H,1-3H3;2-6H,1H3;1-4H,(H,9,10);3H2,1-2H3;1-2H3. The minimum absolute atomic E-state index is 0.301. The van der Waals surface area contributed by atoms with Crippen molar-refractivity contribution in [1.29, 1.82) is 0 Å². The summed E-state index contributed by atoms with van der Waals surface area (Å²) in [5, 5.41) is 2.70. The average Bonchev–Trinajstić information content (AvgIpc) is 2.88. The van der Waals surface area contributed by atoms with E-state index < -0.39 is 0 Å². The van der Waals surface area contributed by atoms with Gasteiger partial charge in [0.05, 0.1) is 19.9 Å². The number of methoxy groups -OCH3 is 2. The summed E-state index contributed by atoms with van der Waals surface area (Å²) in [7, 11) is 3.32. The van der Waals surface area contributed by atoms with Gasteiger partial charge in [-0.05, 0) is 61.2 Å². The molecule has 0 fully saturated rings. The van der Waals surface area contributed by atoms with E-state index in [9.17, 15) is 4.79 Å². The number of benzene rings is 2. The summed E-state index contributed by atoms with van der Waals surface area (Å²) < 4.78 is 10.1. The van der Waals surface area contributed by atoms with Gasteiger partial charge in [-0.3, -0.25) is 4.79 Å². The zero-order valence-corrected chi connectivity index (χ0v) is 23.2. The molecule has 188 valence electrons. The molecule has 0 saturated carbocycles. The lowest BCUT2D eigenvalue weighted by Gasteiger charge is -2.05. The molecular formula is C27H39ClN2O3S. The third kappa shape index (κ3) is 16.0. The number of nitrogens with one attached hydrogen (secondary N) is 1. The van der Waals surface area contributed by atoms with Crippen molar-refractivity contribution in [3.8, 4) is 11.5 Å². The minimum atomic E-state index is 0.301. The number of amides is 1. The highest BCUT2D eigenvalue weighted by Crippen LogP contribution is 2.22. The lowest BCUT2D eigenvalue weighted by Crippen LogP contribution is -1.94. The number of aromatic nitrogens is 1. The van der Waals surface area contributed by atoms with Gasteiger partial charge in [0.15, 0.2) is 5.15 Å². The molecule has 0 radical (unpaired) electrons. The van der Waals surface area contributed by atoms with Crippen LogP contribution in [0.4, 0.5) is 5.69 Å². The fraction of sp³-hybridized carbons (Fsp3) is 0.333. The predicted octanol–water partition coefficient (Wildman–Crippen LogP) is 8.17. The predicted molar refractivity (Wildman–Crippen MR) is 149 cm³/mol. The summed E-state index contributed by atoms with van der Waals surface area (Å²) in [5.74, 6) is 1.76. The minimum Gasteiger partial charge on any atom is -0.497 e. The number of thioether (sulfide) groups is 1. The third-order valence-electron chi connectivity index (χ3n) is 3.55. The normalized spacial score (nSPS) is 8.50. The number of nitrogens with zero attached hydrogens (tertiary/aromatic N) is 1. The molecule has 1 aromatic heterocycles. The van der Waals surface area contributed by atoms with Gasteiger partial charge in [-0.15, -0.1) is 11.8 Å². The Kier molecular flexibility index (Phi) is 23.1. The van der Waals surface area contributed by atoms with E-state index >= 15 is 0 Å². The fourth-order valence-electron chi connectivity index (χ4n) is 2.09. The molecule has 34 heavy (non-hydrogen) atoms. The van der Waals surface area contributed by atoms with Gasteiger partial charge in [-0.25, -0.2) is 4.98 Å². The van der Waals surface area contributed by atoms with Crippen molar-refractivity contribution >= 4 is 35.5 Å². The van der Waals surface area contributed by atoms with Crippen molar-refractivity contribution in [2.45, 2.75) is 45.9 Å². The van der Waals surface area contributed by atoms with Crippen molar-refractivity contribution in [3.05, 3.63) is 77.6 Å². The average molecular weight is 507 g/mol. The van der Waals surface area contributed by atoms with Gasteiger partial charge in [-0.2, -0.15) is 0 Å². The second-order valence-electron chi connectivity index (χ2n) is 6.16. The van der Waals surface area contributed by atoms with E-state index in [4.69, 9.17) is 21.1 Å². The maximum Gasteiger partial charge on any atom is 0.211 e. The number of aryl methyl sites for hydroxylation is 1. The number of pyridine rings is 1. The molecule has 3 rings (SSSR count). The summed E-state index contributed by atoms with van der Waals surface area (Å²) in [6, 6.07) is 19.4. The summed E-state index contributed by atoms with van der Waals surface area (Å²) in [4.78, 5) is 15.0. The highest BCUT2D eigenvalue weighted by atomic mass is 35.5. The maximum absolute atomic E-state index is 9.93. The van der Waals surface area contributed by atoms with Crippen molar-refractivity contribution in [2.75, 3.05) is 25.8 Å². The van der Waals surface area contributed by atoms with Crippen LogP contribution in [0, 0.1) is 6.92 Å². The van der Waals surface area contributed by atoms with Gasteiger partial charge < -0.3 is 14.8 Å². The van der Waals surface area contributed by atoms with Crippen molar-refractivity contribution in [3.63, 3.8) is 0 Å². The van der Waals surface area contributed by atoms with Gasteiger partial charge in [0, 0.05) is 11.1 Å². The first kappa shape index (κ1) is 33.5. The van der Waals surface area contributed by atoms with Crippen LogP contribution in [-0.2, 0) is 4.79 Å². The van der Waals surface area contributed by atoms with Crippen LogP contribution < -0.4 is 14.8 Å². The monoisotopic (exact) mass is 506 g/mol. The molecule has 0 spiro atoms. The molecule has 1 heterocycles. The van der Waals surface area contributed by atoms with Crippen LogP contribution in [0.15, 0.2) is 71.8 Å². The first-order valence-corrected chi connectivity index (χ1v) is 12.7. The maximum atomic E-state index is 9.93. The quantitative estimate of drug-likeness (QED) is 0.215. The highest BCUT2D eigenvalue weighted by molar-refractivity contribution is 7.98. The molecule has 7 heteroatoms. The Hall–Kier alpha value is -2.70. The topological polar surface area (TPSA) is 60.5 Å². The molecular weight excluding hydrogens is 468 g/mol. The molecule has 0 bridgehead atoms. The smallest absolute Gasteiger partial charge is 0.211 e. The third-order valence-corrected chi connectivity index (χ3v) is 4.60. The SMILES string of the molecule is CC.CCC.COc1ccc(OC)c(C)c1.CSc1ccccc1.O=CNc1cccnc1Cl. The summed E-state index contributed by atoms with van der Waals surface area (Å²) in [6.07, 6.45) is 5.44. The molecule has 1 amide bonds. The van der Waals surface area contributed by atoms with Crippen molar-refractivity contribution < 1.29 is 14.3 Å². The number of anilines is 1. The highest BCUT2D eigenvalue weighted by Gasteiger charge is 1.98. The Morgan fingerprint density at radius 2 is 1.62 bits per heavy atom. The van der Waals surface area contributed by atoms with Crippen molar-refractivity contribution in [1.82, 2.24) is 4.98 Å². The first-order valence-electron chi connectivity index (χ1n) is 11.1. The van der Waals surface area contributed by atoms with E-state index in [1.54, 1.807) is 44.3 Å². The van der Waals surface area contributed by atoms with Gasteiger partial charge in [-0.1, -0.05) is 63.9 Å². The zero-order chi connectivity index (χ0) is 26.2. The molecule has 0 saturated heterocycles. The molecule has 0 unspecified atom stereocenters. The molecule has 0 aliphatic heterocycles. The van der Waals surface area contributed by atoms with E-state index in [0.29, 0.717) is 17.3 Å². The van der Waals surface area contributed by atoms with Crippen LogP contribution in [-0.4, -0.2) is 31.9 Å². The summed E-state index contributed by atoms with van der Waals surface area (Å²) in [5.41, 5.74) is 1.62. The number of rotatable bonds is 5. The Labute approximate surface area is 215 Å². The van der Waals surface area contributed by atoms with E-state index in [0.717, 1.165) is 17.1 Å². The molecule has 1 N–H and O–H groups in total. The molecule has 2 aromatic carbocycles. The van der Waals surface area contributed by atoms with E-state index in [1.807, 2.05) is 57.2 Å². The molecule has 5 nitrogen and oxygen atoms in total. The van der Waals surface area contributed by atoms with Crippen molar-refractivity contribution in [2.24, 2.45) is 0 Å². The Balaban J connectivity index is 0. The number of hydrogen-bond donors (Lipinski definition) is 1. The van der Waals surface area contributed by atoms with E-state index in [2.05, 4.69) is 42.5 Å². The second-order valence-corrected chi connectivity index (χ2v) is 7.40. The number of halogens is 1. The number of hydrogen-bond acceptors (Lipinski definition) is 5. The first-order chi connectivity index (χ1) is 16.5. The summed E-state index contributed by atoms with van der Waals surface area (Å²) in [6.45, 7) is 10.2. The van der Waals surface area contributed by atoms with Gasteiger partial charge in [0.2, 0.25) is 6.41 Å². The van der Waals surface area contributed by atoms with Crippen LogP contribution in [0.25, 0.3) is 0 Å².